The molecular formula is C13H18N2O2S. The number of hydrogen-bond acceptors (Lipinski definition) is 3. The Bertz CT molecular complexity index is 430. The average molecular weight is 266 g/mol. The molecule has 1 saturated heterocycles. The van der Waals surface area contributed by atoms with Crippen molar-refractivity contribution >= 4 is 23.2 Å². The zero-order valence-corrected chi connectivity index (χ0v) is 11.5. The van der Waals surface area contributed by atoms with E-state index in [-0.39, 0.29) is 23.9 Å². The van der Waals surface area contributed by atoms with Crippen molar-refractivity contribution in [3.05, 3.63) is 22.4 Å². The van der Waals surface area contributed by atoms with Crippen molar-refractivity contribution in [1.82, 2.24) is 10.2 Å². The molecule has 2 rings (SSSR count). The maximum Gasteiger partial charge on any atom is 0.246 e. The van der Waals surface area contributed by atoms with E-state index in [0.717, 1.165) is 5.56 Å². The molecular weight excluding hydrogens is 248 g/mol. The van der Waals surface area contributed by atoms with Crippen molar-refractivity contribution in [2.24, 2.45) is 0 Å². The minimum absolute atomic E-state index is 0.0285. The van der Waals surface area contributed by atoms with Gasteiger partial charge in [-0.3, -0.25) is 9.59 Å². The van der Waals surface area contributed by atoms with Gasteiger partial charge in [-0.05, 0) is 35.2 Å². The Kier molecular flexibility index (Phi) is 4.01. The molecule has 98 valence electrons. The van der Waals surface area contributed by atoms with Gasteiger partial charge in [-0.15, -0.1) is 0 Å². The molecule has 0 aromatic carbocycles. The van der Waals surface area contributed by atoms with Gasteiger partial charge in [-0.25, -0.2) is 0 Å². The van der Waals surface area contributed by atoms with Gasteiger partial charge in [0, 0.05) is 6.54 Å². The third kappa shape index (κ3) is 2.41. The first-order chi connectivity index (χ1) is 8.67. The van der Waals surface area contributed by atoms with Crippen molar-refractivity contribution in [2.45, 2.75) is 45.3 Å². The summed E-state index contributed by atoms with van der Waals surface area (Å²) in [4.78, 5) is 26.0. The van der Waals surface area contributed by atoms with Crippen LogP contribution in [0.25, 0.3) is 0 Å². The predicted octanol–water partition coefficient (Wildman–Crippen LogP) is 1.76. The van der Waals surface area contributed by atoms with Gasteiger partial charge in [0.1, 0.15) is 12.1 Å². The molecule has 1 fully saturated rings. The van der Waals surface area contributed by atoms with Gasteiger partial charge in [-0.2, -0.15) is 11.3 Å². The van der Waals surface area contributed by atoms with E-state index in [1.165, 1.54) is 0 Å². The number of hydrogen-bond donors (Lipinski definition) is 1. The van der Waals surface area contributed by atoms with Crippen LogP contribution in [0.5, 0.6) is 0 Å². The fourth-order valence-electron chi connectivity index (χ4n) is 2.27. The van der Waals surface area contributed by atoms with Crippen molar-refractivity contribution in [3.8, 4) is 0 Å². The summed E-state index contributed by atoms with van der Waals surface area (Å²) in [6.45, 7) is 4.38. The molecule has 1 N–H and O–H groups in total. The molecule has 0 bridgehead atoms. The Hall–Kier alpha value is -1.36. The minimum Gasteiger partial charge on any atom is -0.343 e. The number of nitrogens with one attached hydrogen (secondary N) is 1. The fraction of sp³-hybridized carbons (Fsp3) is 0.538. The molecule has 2 amide bonds. The lowest BCUT2D eigenvalue weighted by atomic mass is 10.0. The average Bonchev–Trinajstić information content (AvgIpc) is 2.86. The van der Waals surface area contributed by atoms with E-state index < -0.39 is 0 Å². The van der Waals surface area contributed by atoms with Crippen LogP contribution in [0, 0.1) is 0 Å². The Morgan fingerprint density at radius 3 is 2.67 bits per heavy atom. The number of carbonyl (C=O) groups excluding carboxylic acids is 2. The van der Waals surface area contributed by atoms with Crippen LogP contribution in [0.2, 0.25) is 0 Å². The molecule has 18 heavy (non-hydrogen) atoms. The van der Waals surface area contributed by atoms with E-state index in [4.69, 9.17) is 0 Å². The number of thiophene rings is 1. The topological polar surface area (TPSA) is 49.4 Å². The molecule has 0 saturated carbocycles. The highest BCUT2D eigenvalue weighted by molar-refractivity contribution is 7.07. The van der Waals surface area contributed by atoms with Crippen LogP contribution in [0.15, 0.2) is 16.8 Å². The van der Waals surface area contributed by atoms with Crippen LogP contribution in [0.3, 0.4) is 0 Å². The van der Waals surface area contributed by atoms with Gasteiger partial charge in [0.15, 0.2) is 0 Å². The van der Waals surface area contributed by atoms with Gasteiger partial charge in [0.25, 0.3) is 0 Å². The van der Waals surface area contributed by atoms with E-state index in [1.54, 1.807) is 16.2 Å². The summed E-state index contributed by atoms with van der Waals surface area (Å²) >= 11 is 1.61. The van der Waals surface area contributed by atoms with E-state index in [9.17, 15) is 9.59 Å². The molecule has 1 aromatic heterocycles. The van der Waals surface area contributed by atoms with Crippen LogP contribution in [0.1, 0.15) is 32.3 Å². The van der Waals surface area contributed by atoms with Crippen LogP contribution in [0.4, 0.5) is 0 Å². The second-order valence-electron chi connectivity index (χ2n) is 4.49. The first-order valence-electron chi connectivity index (χ1n) is 6.29. The summed E-state index contributed by atoms with van der Waals surface area (Å²) in [6.07, 6.45) is 1.29. The molecule has 0 spiro atoms. The second kappa shape index (κ2) is 5.52. The normalized spacial score (nSPS) is 24.2. The van der Waals surface area contributed by atoms with Gasteiger partial charge >= 0.3 is 0 Å². The maximum absolute atomic E-state index is 12.3. The van der Waals surface area contributed by atoms with Crippen LogP contribution in [-0.2, 0) is 16.1 Å². The molecule has 1 aromatic rings. The monoisotopic (exact) mass is 266 g/mol. The van der Waals surface area contributed by atoms with Crippen molar-refractivity contribution in [1.29, 1.82) is 0 Å². The van der Waals surface area contributed by atoms with E-state index in [2.05, 4.69) is 5.32 Å². The van der Waals surface area contributed by atoms with Crippen LogP contribution in [-0.4, -0.2) is 28.8 Å². The molecule has 0 radical (unpaired) electrons. The molecule has 1 aliphatic heterocycles. The predicted molar refractivity (Wildman–Crippen MR) is 71.2 cm³/mol. The molecule has 2 atom stereocenters. The number of carbonyl (C=O) groups is 2. The summed E-state index contributed by atoms with van der Waals surface area (Å²) in [7, 11) is 0. The van der Waals surface area contributed by atoms with Crippen LogP contribution < -0.4 is 5.32 Å². The first-order valence-corrected chi connectivity index (χ1v) is 7.23. The SMILES string of the molecule is CCC1NC(=O)C(CC)N(Cc2ccsc2)C1=O. The standard InChI is InChI=1S/C13H18N2O2S/c1-3-10-13(17)15(7-9-5-6-18-8-9)11(4-2)12(16)14-10/h5-6,8,10-11H,3-4,7H2,1-2H3,(H,14,16). The molecule has 2 heterocycles. The number of rotatable bonds is 4. The summed E-state index contributed by atoms with van der Waals surface area (Å²) in [5.41, 5.74) is 1.09. The number of amides is 2. The van der Waals surface area contributed by atoms with E-state index >= 15 is 0 Å². The van der Waals surface area contributed by atoms with E-state index in [1.807, 2.05) is 30.7 Å². The highest BCUT2D eigenvalue weighted by Crippen LogP contribution is 2.19. The molecule has 5 heteroatoms. The highest BCUT2D eigenvalue weighted by Gasteiger charge is 2.38. The van der Waals surface area contributed by atoms with Crippen molar-refractivity contribution in [3.63, 3.8) is 0 Å². The Morgan fingerprint density at radius 2 is 2.11 bits per heavy atom. The first kappa shape index (κ1) is 13.1. The summed E-state index contributed by atoms with van der Waals surface area (Å²) < 4.78 is 0. The maximum atomic E-state index is 12.3. The summed E-state index contributed by atoms with van der Waals surface area (Å²) in [6, 6.07) is 1.30. The zero-order chi connectivity index (χ0) is 13.1. The lowest BCUT2D eigenvalue weighted by Crippen LogP contribution is -2.62. The summed E-state index contributed by atoms with van der Waals surface area (Å²) in [5.74, 6) is 0.00864. The highest BCUT2D eigenvalue weighted by atomic mass is 32.1. The quantitative estimate of drug-likeness (QED) is 0.903. The minimum atomic E-state index is -0.362. The van der Waals surface area contributed by atoms with Crippen LogP contribution >= 0.6 is 11.3 Å². The third-order valence-corrected chi connectivity index (χ3v) is 4.04. The Labute approximate surface area is 111 Å². The fourth-order valence-corrected chi connectivity index (χ4v) is 2.93. The lowest BCUT2D eigenvalue weighted by Gasteiger charge is -2.38. The second-order valence-corrected chi connectivity index (χ2v) is 5.27. The van der Waals surface area contributed by atoms with Gasteiger partial charge in [0.2, 0.25) is 11.8 Å². The molecule has 0 aliphatic carbocycles. The molecule has 2 unspecified atom stereocenters. The van der Waals surface area contributed by atoms with Crippen molar-refractivity contribution < 1.29 is 9.59 Å². The number of nitrogens with zero attached hydrogens (tertiary/aromatic N) is 1. The molecule has 1 aliphatic rings. The largest absolute Gasteiger partial charge is 0.343 e. The third-order valence-electron chi connectivity index (χ3n) is 3.30. The van der Waals surface area contributed by atoms with Crippen molar-refractivity contribution in [2.75, 3.05) is 0 Å². The smallest absolute Gasteiger partial charge is 0.246 e. The van der Waals surface area contributed by atoms with Gasteiger partial charge in [0.05, 0.1) is 0 Å². The number of piperazine rings is 1. The zero-order valence-electron chi connectivity index (χ0n) is 10.7. The summed E-state index contributed by atoms with van der Waals surface area (Å²) in [5, 5.41) is 6.81. The Morgan fingerprint density at radius 1 is 1.33 bits per heavy atom. The van der Waals surface area contributed by atoms with E-state index in [0.29, 0.717) is 19.4 Å². The van der Waals surface area contributed by atoms with Gasteiger partial charge < -0.3 is 10.2 Å². The lowest BCUT2D eigenvalue weighted by molar-refractivity contribution is -0.150. The molecule has 4 nitrogen and oxygen atoms in total. The van der Waals surface area contributed by atoms with Gasteiger partial charge in [-0.1, -0.05) is 13.8 Å². The Balaban J connectivity index is 2.20.